The molecule has 0 spiro atoms. The molecule has 1 unspecified atom stereocenters. The van der Waals surface area contributed by atoms with E-state index in [9.17, 15) is 9.59 Å². The lowest BCUT2D eigenvalue weighted by Crippen LogP contribution is -2.48. The summed E-state index contributed by atoms with van der Waals surface area (Å²) < 4.78 is 5.24. The SMILES string of the molecule is CC(NC1CCC(NC(=O)OC(C)(C)C)CC1)C(N)=O. The van der Waals surface area contributed by atoms with E-state index in [0.717, 1.165) is 25.7 Å². The largest absolute Gasteiger partial charge is 0.444 e. The van der Waals surface area contributed by atoms with Crippen LogP contribution in [0.4, 0.5) is 4.79 Å². The molecule has 1 aliphatic carbocycles. The number of carbonyl (C=O) groups is 2. The van der Waals surface area contributed by atoms with Gasteiger partial charge in [0, 0.05) is 12.1 Å². The van der Waals surface area contributed by atoms with Crippen LogP contribution in [0.3, 0.4) is 0 Å². The van der Waals surface area contributed by atoms with E-state index < -0.39 is 5.60 Å². The molecule has 116 valence electrons. The fraction of sp³-hybridized carbons (Fsp3) is 0.857. The van der Waals surface area contributed by atoms with Gasteiger partial charge >= 0.3 is 6.09 Å². The molecule has 0 radical (unpaired) electrons. The second kappa shape index (κ2) is 6.92. The van der Waals surface area contributed by atoms with Crippen molar-refractivity contribution in [2.24, 2.45) is 5.73 Å². The van der Waals surface area contributed by atoms with Crippen molar-refractivity contribution in [1.82, 2.24) is 10.6 Å². The van der Waals surface area contributed by atoms with Gasteiger partial charge in [-0.25, -0.2) is 4.79 Å². The van der Waals surface area contributed by atoms with Crippen molar-refractivity contribution in [2.75, 3.05) is 0 Å². The molecule has 6 heteroatoms. The van der Waals surface area contributed by atoms with Crippen molar-refractivity contribution in [3.8, 4) is 0 Å². The Morgan fingerprint density at radius 2 is 1.65 bits per heavy atom. The van der Waals surface area contributed by atoms with E-state index in [2.05, 4.69) is 10.6 Å². The lowest BCUT2D eigenvalue weighted by atomic mass is 9.91. The Balaban J connectivity index is 2.29. The van der Waals surface area contributed by atoms with Crippen molar-refractivity contribution in [1.29, 1.82) is 0 Å². The maximum atomic E-state index is 11.7. The minimum atomic E-state index is -0.472. The fourth-order valence-corrected chi connectivity index (χ4v) is 2.31. The van der Waals surface area contributed by atoms with Crippen LogP contribution in [0.5, 0.6) is 0 Å². The highest BCUT2D eigenvalue weighted by Gasteiger charge is 2.25. The molecule has 0 heterocycles. The fourth-order valence-electron chi connectivity index (χ4n) is 2.31. The summed E-state index contributed by atoms with van der Waals surface area (Å²) in [5.41, 5.74) is 4.76. The molecule has 6 nitrogen and oxygen atoms in total. The molecular weight excluding hydrogens is 258 g/mol. The molecule has 2 amide bonds. The Morgan fingerprint density at radius 3 is 2.10 bits per heavy atom. The van der Waals surface area contributed by atoms with Crippen molar-refractivity contribution >= 4 is 12.0 Å². The Kier molecular flexibility index (Phi) is 5.80. The quantitative estimate of drug-likeness (QED) is 0.725. The molecule has 0 saturated heterocycles. The van der Waals surface area contributed by atoms with E-state index in [-0.39, 0.29) is 30.1 Å². The molecule has 1 aliphatic rings. The number of hydrogen-bond acceptors (Lipinski definition) is 4. The van der Waals surface area contributed by atoms with Crippen LogP contribution >= 0.6 is 0 Å². The summed E-state index contributed by atoms with van der Waals surface area (Å²) in [7, 11) is 0. The number of ether oxygens (including phenoxy) is 1. The lowest BCUT2D eigenvalue weighted by molar-refractivity contribution is -0.119. The second-order valence-corrected chi connectivity index (χ2v) is 6.49. The summed E-state index contributed by atoms with van der Waals surface area (Å²) in [6, 6.07) is 0.122. The first-order chi connectivity index (χ1) is 9.17. The highest BCUT2D eigenvalue weighted by molar-refractivity contribution is 5.79. The van der Waals surface area contributed by atoms with Crippen molar-refractivity contribution < 1.29 is 14.3 Å². The van der Waals surface area contributed by atoms with E-state index in [1.807, 2.05) is 20.8 Å². The topological polar surface area (TPSA) is 93.4 Å². The van der Waals surface area contributed by atoms with Crippen LogP contribution in [0.25, 0.3) is 0 Å². The van der Waals surface area contributed by atoms with Gasteiger partial charge in [0.25, 0.3) is 0 Å². The first kappa shape index (κ1) is 16.8. The third kappa shape index (κ3) is 6.23. The van der Waals surface area contributed by atoms with Gasteiger partial charge in [0.2, 0.25) is 5.91 Å². The smallest absolute Gasteiger partial charge is 0.407 e. The zero-order valence-electron chi connectivity index (χ0n) is 12.9. The lowest BCUT2D eigenvalue weighted by Gasteiger charge is -2.31. The first-order valence-electron chi connectivity index (χ1n) is 7.22. The van der Waals surface area contributed by atoms with E-state index in [1.54, 1.807) is 6.92 Å². The molecule has 0 aromatic rings. The number of alkyl carbamates (subject to hydrolysis) is 1. The van der Waals surface area contributed by atoms with Crippen LogP contribution in [0.2, 0.25) is 0 Å². The van der Waals surface area contributed by atoms with Gasteiger partial charge in [-0.15, -0.1) is 0 Å². The number of primary amides is 1. The average Bonchev–Trinajstić information content (AvgIpc) is 2.28. The van der Waals surface area contributed by atoms with Gasteiger partial charge in [-0.05, 0) is 53.4 Å². The number of nitrogens with one attached hydrogen (secondary N) is 2. The zero-order chi connectivity index (χ0) is 15.3. The van der Waals surface area contributed by atoms with E-state index in [1.165, 1.54) is 0 Å². The standard InChI is InChI=1S/C14H27N3O3/c1-9(12(15)18)16-10-5-7-11(8-6-10)17-13(19)20-14(2,3)4/h9-11,16H,5-8H2,1-4H3,(H2,15,18)(H,17,19). The summed E-state index contributed by atoms with van der Waals surface area (Å²) >= 11 is 0. The summed E-state index contributed by atoms with van der Waals surface area (Å²) in [4.78, 5) is 22.7. The van der Waals surface area contributed by atoms with Gasteiger partial charge in [0.05, 0.1) is 6.04 Å². The predicted molar refractivity (Wildman–Crippen MR) is 77.2 cm³/mol. The first-order valence-corrected chi connectivity index (χ1v) is 7.22. The van der Waals surface area contributed by atoms with Crippen LogP contribution in [0, 0.1) is 0 Å². The molecule has 0 aromatic carbocycles. The molecule has 1 fully saturated rings. The van der Waals surface area contributed by atoms with Gasteiger partial charge in [-0.2, -0.15) is 0 Å². The maximum Gasteiger partial charge on any atom is 0.407 e. The molecule has 20 heavy (non-hydrogen) atoms. The minimum absolute atomic E-state index is 0.145. The summed E-state index contributed by atoms with van der Waals surface area (Å²) in [5.74, 6) is -0.334. The molecule has 4 N–H and O–H groups in total. The highest BCUT2D eigenvalue weighted by Crippen LogP contribution is 2.19. The third-order valence-electron chi connectivity index (χ3n) is 3.36. The van der Waals surface area contributed by atoms with E-state index in [0.29, 0.717) is 0 Å². The Hall–Kier alpha value is -1.30. The zero-order valence-corrected chi connectivity index (χ0v) is 12.9. The van der Waals surface area contributed by atoms with Crippen LogP contribution in [-0.2, 0) is 9.53 Å². The van der Waals surface area contributed by atoms with Gasteiger partial charge < -0.3 is 21.1 Å². The molecule has 0 bridgehead atoms. The Bertz CT molecular complexity index is 344. The predicted octanol–water partition coefficient (Wildman–Crippen LogP) is 1.29. The summed E-state index contributed by atoms with van der Waals surface area (Å²) in [5, 5.41) is 6.10. The molecule has 1 atom stereocenters. The van der Waals surface area contributed by atoms with Crippen molar-refractivity contribution in [3.05, 3.63) is 0 Å². The number of carbonyl (C=O) groups excluding carboxylic acids is 2. The van der Waals surface area contributed by atoms with Crippen LogP contribution < -0.4 is 16.4 Å². The summed E-state index contributed by atoms with van der Waals surface area (Å²) in [6.45, 7) is 7.31. The van der Waals surface area contributed by atoms with Gasteiger partial charge in [-0.3, -0.25) is 4.79 Å². The van der Waals surface area contributed by atoms with Gasteiger partial charge in [0.15, 0.2) is 0 Å². The molecular formula is C14H27N3O3. The van der Waals surface area contributed by atoms with Gasteiger partial charge in [0.1, 0.15) is 5.60 Å². The number of nitrogens with two attached hydrogens (primary N) is 1. The van der Waals surface area contributed by atoms with E-state index >= 15 is 0 Å². The molecule has 0 aromatic heterocycles. The normalized spacial score (nSPS) is 24.8. The highest BCUT2D eigenvalue weighted by atomic mass is 16.6. The molecule has 1 saturated carbocycles. The average molecular weight is 285 g/mol. The number of hydrogen-bond donors (Lipinski definition) is 3. The number of amides is 2. The van der Waals surface area contributed by atoms with Crippen molar-refractivity contribution in [2.45, 2.75) is 77.1 Å². The molecule has 0 aliphatic heterocycles. The third-order valence-corrected chi connectivity index (χ3v) is 3.36. The Morgan fingerprint density at radius 1 is 1.15 bits per heavy atom. The van der Waals surface area contributed by atoms with Crippen LogP contribution in [-0.4, -0.2) is 35.7 Å². The minimum Gasteiger partial charge on any atom is -0.444 e. The van der Waals surface area contributed by atoms with Crippen molar-refractivity contribution in [3.63, 3.8) is 0 Å². The monoisotopic (exact) mass is 285 g/mol. The molecule has 1 rings (SSSR count). The van der Waals surface area contributed by atoms with Crippen LogP contribution in [0.1, 0.15) is 53.4 Å². The second-order valence-electron chi connectivity index (χ2n) is 6.49. The maximum absolute atomic E-state index is 11.7. The Labute approximate surface area is 120 Å². The summed E-state index contributed by atoms with van der Waals surface area (Å²) in [6.07, 6.45) is 3.22. The number of rotatable bonds is 4. The van der Waals surface area contributed by atoms with E-state index in [4.69, 9.17) is 10.5 Å². The van der Waals surface area contributed by atoms with Gasteiger partial charge in [-0.1, -0.05) is 0 Å². The van der Waals surface area contributed by atoms with Crippen LogP contribution in [0.15, 0.2) is 0 Å².